The maximum Gasteiger partial charge on any atom is 0.319 e. The van der Waals surface area contributed by atoms with E-state index in [-0.39, 0.29) is 18.6 Å². The maximum atomic E-state index is 11.8. The van der Waals surface area contributed by atoms with Crippen LogP contribution in [-0.4, -0.2) is 24.5 Å². The number of halogens is 1. The van der Waals surface area contributed by atoms with Crippen molar-refractivity contribution in [3.8, 4) is 0 Å². The monoisotopic (exact) mass is 409 g/mol. The third-order valence-electron chi connectivity index (χ3n) is 3.69. The van der Waals surface area contributed by atoms with Crippen molar-refractivity contribution in [2.45, 2.75) is 19.5 Å². The molecule has 3 nitrogen and oxygen atoms in total. The van der Waals surface area contributed by atoms with Crippen LogP contribution in [0.15, 0.2) is 54.6 Å². The summed E-state index contributed by atoms with van der Waals surface area (Å²) < 4.78 is 6.06. The lowest BCUT2D eigenvalue weighted by Gasteiger charge is -2.29. The Morgan fingerprint density at radius 2 is 1.77 bits per heavy atom. The number of hydrogen-bond acceptors (Lipinski definition) is 3. The fourth-order valence-electron chi connectivity index (χ4n) is 2.39. The molecular formula is C18H20INO2. The first kappa shape index (κ1) is 17.0. The fraction of sp³-hybridized carbons (Fsp3) is 0.278. The van der Waals surface area contributed by atoms with E-state index in [0.717, 1.165) is 0 Å². The van der Waals surface area contributed by atoms with E-state index in [9.17, 15) is 4.79 Å². The van der Waals surface area contributed by atoms with Gasteiger partial charge in [-0.15, -0.1) is 0 Å². The summed E-state index contributed by atoms with van der Waals surface area (Å²) in [6.07, 6.45) is 0. The Balaban J connectivity index is 2.23. The number of benzene rings is 2. The minimum atomic E-state index is -0.214. The van der Waals surface area contributed by atoms with Crippen molar-refractivity contribution in [1.29, 1.82) is 0 Å². The van der Waals surface area contributed by atoms with Crippen LogP contribution in [0.5, 0.6) is 0 Å². The van der Waals surface area contributed by atoms with Gasteiger partial charge in [0.1, 0.15) is 0 Å². The third kappa shape index (κ3) is 4.55. The molecule has 0 fully saturated rings. The first-order valence-electron chi connectivity index (χ1n) is 7.21. The van der Waals surface area contributed by atoms with E-state index < -0.39 is 0 Å². The van der Waals surface area contributed by atoms with Crippen molar-refractivity contribution in [1.82, 2.24) is 4.90 Å². The van der Waals surface area contributed by atoms with E-state index in [0.29, 0.717) is 6.54 Å². The lowest BCUT2D eigenvalue weighted by Crippen LogP contribution is -2.33. The molecule has 2 rings (SSSR count). The minimum Gasteiger partial charge on any atom is -0.468 e. The molecule has 1 atom stereocenters. The van der Waals surface area contributed by atoms with Crippen molar-refractivity contribution >= 4 is 28.6 Å². The van der Waals surface area contributed by atoms with Crippen LogP contribution in [0.4, 0.5) is 0 Å². The molecule has 0 radical (unpaired) electrons. The first-order valence-corrected chi connectivity index (χ1v) is 8.29. The molecule has 4 heteroatoms. The number of rotatable bonds is 6. The number of carbonyl (C=O) groups excluding carboxylic acids is 1. The second-order valence-electron chi connectivity index (χ2n) is 5.16. The van der Waals surface area contributed by atoms with E-state index in [4.69, 9.17) is 4.74 Å². The first-order chi connectivity index (χ1) is 10.6. The van der Waals surface area contributed by atoms with Gasteiger partial charge in [-0.05, 0) is 46.7 Å². The molecule has 0 spiro atoms. The Morgan fingerprint density at radius 3 is 2.41 bits per heavy atom. The van der Waals surface area contributed by atoms with Gasteiger partial charge in [-0.1, -0.05) is 48.5 Å². The Morgan fingerprint density at radius 1 is 1.14 bits per heavy atom. The summed E-state index contributed by atoms with van der Waals surface area (Å²) in [5, 5.41) is 0. The number of hydrogen-bond donors (Lipinski definition) is 0. The maximum absolute atomic E-state index is 11.8. The normalized spacial score (nSPS) is 12.2. The zero-order valence-electron chi connectivity index (χ0n) is 12.8. The molecule has 0 saturated carbocycles. The van der Waals surface area contributed by atoms with Crippen LogP contribution in [0, 0.1) is 3.57 Å². The highest BCUT2D eigenvalue weighted by atomic mass is 127. The fourth-order valence-corrected chi connectivity index (χ4v) is 3.23. The van der Waals surface area contributed by atoms with Gasteiger partial charge in [0.2, 0.25) is 0 Å². The molecule has 0 bridgehead atoms. The van der Waals surface area contributed by atoms with Gasteiger partial charge in [0.15, 0.2) is 0 Å². The largest absolute Gasteiger partial charge is 0.468 e. The quantitative estimate of drug-likeness (QED) is 0.533. The topological polar surface area (TPSA) is 29.5 Å². The summed E-state index contributed by atoms with van der Waals surface area (Å²) in [5.74, 6) is -0.214. The molecule has 2 aromatic carbocycles. The van der Waals surface area contributed by atoms with Crippen LogP contribution < -0.4 is 0 Å². The highest BCUT2D eigenvalue weighted by molar-refractivity contribution is 14.1. The van der Waals surface area contributed by atoms with Crippen molar-refractivity contribution in [3.05, 3.63) is 69.3 Å². The SMILES string of the molecule is COC(=O)CN(Cc1ccccc1)C(C)c1ccccc1I. The van der Waals surface area contributed by atoms with E-state index in [2.05, 4.69) is 58.7 Å². The molecule has 0 saturated heterocycles. The molecule has 0 aliphatic carbocycles. The molecule has 0 N–H and O–H groups in total. The molecule has 1 unspecified atom stereocenters. The summed E-state index contributed by atoms with van der Waals surface area (Å²) >= 11 is 2.34. The summed E-state index contributed by atoms with van der Waals surface area (Å²) in [6, 6.07) is 18.6. The number of nitrogens with zero attached hydrogens (tertiary/aromatic N) is 1. The average Bonchev–Trinajstić information content (AvgIpc) is 2.55. The van der Waals surface area contributed by atoms with Gasteiger partial charge >= 0.3 is 5.97 Å². The molecule has 0 aliphatic rings. The van der Waals surface area contributed by atoms with Crippen LogP contribution in [0.1, 0.15) is 24.1 Å². The Labute approximate surface area is 145 Å². The highest BCUT2D eigenvalue weighted by Crippen LogP contribution is 2.26. The summed E-state index contributed by atoms with van der Waals surface area (Å²) in [7, 11) is 1.43. The van der Waals surface area contributed by atoms with Gasteiger partial charge < -0.3 is 4.74 Å². The molecule has 22 heavy (non-hydrogen) atoms. The van der Waals surface area contributed by atoms with Gasteiger partial charge in [-0.25, -0.2) is 0 Å². The Bertz CT molecular complexity index is 615. The number of ether oxygens (including phenoxy) is 1. The Hall–Kier alpha value is -1.40. The number of esters is 1. The second-order valence-corrected chi connectivity index (χ2v) is 6.33. The molecule has 0 amide bonds. The highest BCUT2D eigenvalue weighted by Gasteiger charge is 2.21. The van der Waals surface area contributed by atoms with Crippen LogP contribution in [0.25, 0.3) is 0 Å². The lowest BCUT2D eigenvalue weighted by molar-refractivity contribution is -0.142. The number of methoxy groups -OCH3 is 1. The zero-order chi connectivity index (χ0) is 15.9. The Kier molecular flexibility index (Phi) is 6.39. The van der Waals surface area contributed by atoms with Crippen molar-refractivity contribution in [2.24, 2.45) is 0 Å². The zero-order valence-corrected chi connectivity index (χ0v) is 15.0. The molecule has 2 aromatic rings. The predicted molar refractivity (Wildman–Crippen MR) is 96.4 cm³/mol. The molecule has 0 heterocycles. The van der Waals surface area contributed by atoms with E-state index in [1.165, 1.54) is 21.8 Å². The minimum absolute atomic E-state index is 0.132. The second kappa shape index (κ2) is 8.29. The van der Waals surface area contributed by atoms with E-state index in [1.54, 1.807) is 0 Å². The standard InChI is InChI=1S/C18H20INO2/c1-14(16-10-6-7-11-17(16)19)20(13-18(21)22-2)12-15-8-4-3-5-9-15/h3-11,14H,12-13H2,1-2H3. The van der Waals surface area contributed by atoms with Gasteiger partial charge in [-0.3, -0.25) is 9.69 Å². The smallest absolute Gasteiger partial charge is 0.319 e. The molecular weight excluding hydrogens is 389 g/mol. The van der Waals surface area contributed by atoms with Crippen LogP contribution in [-0.2, 0) is 16.1 Å². The van der Waals surface area contributed by atoms with Gasteiger partial charge in [0.25, 0.3) is 0 Å². The van der Waals surface area contributed by atoms with Crippen LogP contribution in [0.2, 0.25) is 0 Å². The van der Waals surface area contributed by atoms with Crippen LogP contribution in [0.3, 0.4) is 0 Å². The molecule has 116 valence electrons. The van der Waals surface area contributed by atoms with Gasteiger partial charge in [0.05, 0.1) is 13.7 Å². The van der Waals surface area contributed by atoms with Crippen molar-refractivity contribution < 1.29 is 9.53 Å². The van der Waals surface area contributed by atoms with Gasteiger partial charge in [0, 0.05) is 16.2 Å². The predicted octanol–water partition coefficient (Wildman–Crippen LogP) is 4.03. The lowest BCUT2D eigenvalue weighted by atomic mass is 10.1. The summed E-state index contributed by atoms with van der Waals surface area (Å²) in [5.41, 5.74) is 2.41. The van der Waals surface area contributed by atoms with Crippen molar-refractivity contribution in [3.63, 3.8) is 0 Å². The van der Waals surface area contributed by atoms with Gasteiger partial charge in [-0.2, -0.15) is 0 Å². The van der Waals surface area contributed by atoms with Crippen LogP contribution >= 0.6 is 22.6 Å². The third-order valence-corrected chi connectivity index (χ3v) is 4.67. The number of carbonyl (C=O) groups is 1. The molecule has 0 aromatic heterocycles. The van der Waals surface area contributed by atoms with E-state index >= 15 is 0 Å². The average molecular weight is 409 g/mol. The summed E-state index contributed by atoms with van der Waals surface area (Å²) in [4.78, 5) is 13.9. The molecule has 0 aliphatic heterocycles. The van der Waals surface area contributed by atoms with Crippen molar-refractivity contribution in [2.75, 3.05) is 13.7 Å². The summed E-state index contributed by atoms with van der Waals surface area (Å²) in [6.45, 7) is 3.11. The van der Waals surface area contributed by atoms with E-state index in [1.807, 2.05) is 30.3 Å².